The fourth-order valence-electron chi connectivity index (χ4n) is 1.69. The van der Waals surface area contributed by atoms with E-state index >= 15 is 0 Å². The van der Waals surface area contributed by atoms with Crippen molar-refractivity contribution < 1.29 is 4.79 Å². The van der Waals surface area contributed by atoms with Crippen molar-refractivity contribution in [2.45, 2.75) is 32.4 Å². The van der Waals surface area contributed by atoms with Crippen molar-refractivity contribution in [2.75, 3.05) is 18.1 Å². The number of benzene rings is 1. The summed E-state index contributed by atoms with van der Waals surface area (Å²) in [5.41, 5.74) is 6.93. The number of anilines is 2. The molecule has 0 aliphatic carbocycles. The van der Waals surface area contributed by atoms with E-state index < -0.39 is 0 Å². The number of nitrogens with two attached hydrogens (primary N) is 1. The van der Waals surface area contributed by atoms with E-state index in [0.29, 0.717) is 17.8 Å². The quantitative estimate of drug-likeness (QED) is 0.791. The molecule has 0 spiro atoms. The van der Waals surface area contributed by atoms with Gasteiger partial charge in [-0.15, -0.1) is 0 Å². The molecule has 0 aliphatic rings. The summed E-state index contributed by atoms with van der Waals surface area (Å²) in [5, 5.41) is 11.5. The summed E-state index contributed by atoms with van der Waals surface area (Å²) >= 11 is 0. The van der Waals surface area contributed by atoms with Crippen molar-refractivity contribution in [3.63, 3.8) is 0 Å². The Labute approximate surface area is 114 Å². The highest BCUT2D eigenvalue weighted by Gasteiger charge is 2.22. The summed E-state index contributed by atoms with van der Waals surface area (Å²) < 4.78 is 0. The van der Waals surface area contributed by atoms with Gasteiger partial charge in [0.2, 0.25) is 5.91 Å². The van der Waals surface area contributed by atoms with Gasteiger partial charge < -0.3 is 11.1 Å². The number of nitriles is 1. The van der Waals surface area contributed by atoms with Crippen molar-refractivity contribution in [2.24, 2.45) is 0 Å². The average molecular weight is 260 g/mol. The van der Waals surface area contributed by atoms with Crippen molar-refractivity contribution >= 4 is 17.3 Å². The van der Waals surface area contributed by atoms with Crippen LogP contribution in [-0.4, -0.2) is 29.9 Å². The standard InChI is InChI=1S/C14H20N4O/c1-10(8-9-15)18(3)11(2)14(19)17-13-7-5-4-6-12(13)16/h4-7,10-11H,8,16H2,1-3H3,(H,17,19). The lowest BCUT2D eigenvalue weighted by Crippen LogP contribution is -2.44. The number of likely N-dealkylation sites (N-methyl/N-ethyl adjacent to an activating group) is 1. The Kier molecular flexibility index (Phi) is 5.34. The van der Waals surface area contributed by atoms with Crippen LogP contribution in [0.4, 0.5) is 11.4 Å². The second-order valence-electron chi connectivity index (χ2n) is 4.63. The highest BCUT2D eigenvalue weighted by molar-refractivity contribution is 5.97. The fraction of sp³-hybridized carbons (Fsp3) is 0.429. The van der Waals surface area contributed by atoms with E-state index in [1.54, 1.807) is 12.1 Å². The molecule has 2 atom stereocenters. The third kappa shape index (κ3) is 3.97. The first kappa shape index (κ1) is 15.0. The van der Waals surface area contributed by atoms with Gasteiger partial charge in [0.05, 0.1) is 29.9 Å². The average Bonchev–Trinajstić information content (AvgIpc) is 2.39. The molecule has 0 saturated carbocycles. The number of nitrogens with zero attached hydrogens (tertiary/aromatic N) is 2. The van der Waals surface area contributed by atoms with Crippen molar-refractivity contribution in [1.82, 2.24) is 4.90 Å². The molecule has 1 aromatic carbocycles. The van der Waals surface area contributed by atoms with Gasteiger partial charge in [-0.1, -0.05) is 12.1 Å². The normalized spacial score (nSPS) is 13.6. The molecule has 1 rings (SSSR count). The molecule has 0 aromatic heterocycles. The van der Waals surface area contributed by atoms with Crippen LogP contribution in [-0.2, 0) is 4.79 Å². The SMILES string of the molecule is CC(CC#N)N(C)C(C)C(=O)Nc1ccccc1N. The predicted octanol–water partition coefficient (Wildman–Crippen LogP) is 1.83. The van der Waals surface area contributed by atoms with E-state index in [-0.39, 0.29) is 18.0 Å². The molecule has 0 fully saturated rings. The van der Waals surface area contributed by atoms with E-state index in [4.69, 9.17) is 11.0 Å². The van der Waals surface area contributed by atoms with Crippen LogP contribution in [0.25, 0.3) is 0 Å². The Bertz CT molecular complexity index is 481. The Morgan fingerprint density at radius 3 is 2.68 bits per heavy atom. The molecule has 0 aliphatic heterocycles. The van der Waals surface area contributed by atoms with Crippen LogP contribution in [0.15, 0.2) is 24.3 Å². The van der Waals surface area contributed by atoms with Crippen LogP contribution in [0.3, 0.4) is 0 Å². The highest BCUT2D eigenvalue weighted by atomic mass is 16.2. The number of amides is 1. The second-order valence-corrected chi connectivity index (χ2v) is 4.63. The third-order valence-electron chi connectivity index (χ3n) is 3.29. The maximum atomic E-state index is 12.1. The van der Waals surface area contributed by atoms with Crippen LogP contribution in [0.2, 0.25) is 0 Å². The van der Waals surface area contributed by atoms with Crippen LogP contribution in [0, 0.1) is 11.3 Å². The largest absolute Gasteiger partial charge is 0.397 e. The first-order valence-electron chi connectivity index (χ1n) is 6.21. The lowest BCUT2D eigenvalue weighted by Gasteiger charge is -2.28. The molecule has 5 heteroatoms. The molecule has 5 nitrogen and oxygen atoms in total. The second kappa shape index (κ2) is 6.76. The molecular formula is C14H20N4O. The van der Waals surface area contributed by atoms with Gasteiger partial charge in [0.15, 0.2) is 0 Å². The zero-order valence-electron chi connectivity index (χ0n) is 11.6. The number of nitrogens with one attached hydrogen (secondary N) is 1. The lowest BCUT2D eigenvalue weighted by atomic mass is 10.1. The number of carbonyl (C=O) groups excluding carboxylic acids is 1. The first-order chi connectivity index (χ1) is 8.97. The Hall–Kier alpha value is -2.06. The maximum Gasteiger partial charge on any atom is 0.241 e. The van der Waals surface area contributed by atoms with Gasteiger partial charge in [0, 0.05) is 6.04 Å². The van der Waals surface area contributed by atoms with Crippen LogP contribution >= 0.6 is 0 Å². The van der Waals surface area contributed by atoms with E-state index in [1.165, 1.54) is 0 Å². The highest BCUT2D eigenvalue weighted by Crippen LogP contribution is 2.17. The molecule has 1 aromatic rings. The molecular weight excluding hydrogens is 240 g/mol. The third-order valence-corrected chi connectivity index (χ3v) is 3.29. The number of rotatable bonds is 5. The zero-order chi connectivity index (χ0) is 14.4. The minimum Gasteiger partial charge on any atom is -0.397 e. The minimum absolute atomic E-state index is 0.0267. The van der Waals surface area contributed by atoms with E-state index in [0.717, 1.165) is 0 Å². The van der Waals surface area contributed by atoms with Gasteiger partial charge in [0.1, 0.15) is 0 Å². The Morgan fingerprint density at radius 2 is 2.11 bits per heavy atom. The molecule has 2 unspecified atom stereocenters. The molecule has 0 bridgehead atoms. The van der Waals surface area contributed by atoms with Gasteiger partial charge in [-0.2, -0.15) is 5.26 Å². The summed E-state index contributed by atoms with van der Waals surface area (Å²) in [5.74, 6) is -0.134. The predicted molar refractivity (Wildman–Crippen MR) is 76.4 cm³/mol. The number of nitrogen functional groups attached to an aromatic ring is 1. The number of carbonyl (C=O) groups is 1. The maximum absolute atomic E-state index is 12.1. The van der Waals surface area contributed by atoms with Crippen LogP contribution in [0.1, 0.15) is 20.3 Å². The molecule has 0 radical (unpaired) electrons. The summed E-state index contributed by atoms with van der Waals surface area (Å²) in [6.45, 7) is 3.73. The van der Waals surface area contributed by atoms with E-state index in [1.807, 2.05) is 37.9 Å². The lowest BCUT2D eigenvalue weighted by molar-refractivity contribution is -0.120. The Morgan fingerprint density at radius 1 is 1.47 bits per heavy atom. The van der Waals surface area contributed by atoms with Crippen molar-refractivity contribution in [3.8, 4) is 6.07 Å². The van der Waals surface area contributed by atoms with Gasteiger partial charge in [-0.05, 0) is 33.0 Å². The minimum atomic E-state index is -0.331. The zero-order valence-corrected chi connectivity index (χ0v) is 11.6. The van der Waals surface area contributed by atoms with Gasteiger partial charge in [-0.25, -0.2) is 0 Å². The molecule has 0 saturated heterocycles. The monoisotopic (exact) mass is 260 g/mol. The smallest absolute Gasteiger partial charge is 0.241 e. The van der Waals surface area contributed by atoms with Crippen LogP contribution < -0.4 is 11.1 Å². The molecule has 1 amide bonds. The van der Waals surface area contributed by atoms with Gasteiger partial charge in [0.25, 0.3) is 0 Å². The number of para-hydroxylation sites is 2. The molecule has 0 heterocycles. The first-order valence-corrected chi connectivity index (χ1v) is 6.21. The molecule has 3 N–H and O–H groups in total. The van der Waals surface area contributed by atoms with Gasteiger partial charge in [-0.3, -0.25) is 9.69 Å². The Balaban J connectivity index is 2.68. The summed E-state index contributed by atoms with van der Waals surface area (Å²) in [4.78, 5) is 14.0. The summed E-state index contributed by atoms with van der Waals surface area (Å²) in [6.07, 6.45) is 0.390. The topological polar surface area (TPSA) is 82.2 Å². The fourth-order valence-corrected chi connectivity index (χ4v) is 1.69. The number of hydrogen-bond donors (Lipinski definition) is 2. The van der Waals surface area contributed by atoms with Crippen molar-refractivity contribution in [1.29, 1.82) is 5.26 Å². The number of hydrogen-bond acceptors (Lipinski definition) is 4. The van der Waals surface area contributed by atoms with Crippen LogP contribution in [0.5, 0.6) is 0 Å². The summed E-state index contributed by atoms with van der Waals surface area (Å²) in [7, 11) is 1.83. The molecule has 102 valence electrons. The van der Waals surface area contributed by atoms with Crippen molar-refractivity contribution in [3.05, 3.63) is 24.3 Å². The van der Waals surface area contributed by atoms with Gasteiger partial charge >= 0.3 is 0 Å². The van der Waals surface area contributed by atoms with E-state index in [2.05, 4.69) is 11.4 Å². The summed E-state index contributed by atoms with van der Waals surface area (Å²) in [6, 6.07) is 8.94. The molecule has 19 heavy (non-hydrogen) atoms. The van der Waals surface area contributed by atoms with E-state index in [9.17, 15) is 4.79 Å².